The van der Waals surface area contributed by atoms with E-state index < -0.39 is 0 Å². The van der Waals surface area contributed by atoms with Gasteiger partial charge in [0.1, 0.15) is 11.6 Å². The number of para-hydroxylation sites is 2. The van der Waals surface area contributed by atoms with Gasteiger partial charge in [0.15, 0.2) is 0 Å². The zero-order valence-corrected chi connectivity index (χ0v) is 13.2. The van der Waals surface area contributed by atoms with Crippen molar-refractivity contribution in [2.75, 3.05) is 6.54 Å². The van der Waals surface area contributed by atoms with Gasteiger partial charge >= 0.3 is 0 Å². The summed E-state index contributed by atoms with van der Waals surface area (Å²) in [5, 5.41) is 12.3. The van der Waals surface area contributed by atoms with Crippen LogP contribution in [0.4, 0.5) is 0 Å². The number of benzene rings is 2. The number of aromatic hydroxyl groups is 1. The number of aromatic amines is 1. The molecule has 1 saturated carbocycles. The van der Waals surface area contributed by atoms with Gasteiger partial charge in [0.05, 0.1) is 11.0 Å². The Hall–Kier alpha value is -2.82. The molecule has 0 bridgehead atoms. The first kappa shape index (κ1) is 14.8. The van der Waals surface area contributed by atoms with Gasteiger partial charge in [0, 0.05) is 18.9 Å². The monoisotopic (exact) mass is 321 g/mol. The number of phenolic OH excluding ortho intramolecular Hbond substituents is 1. The molecule has 2 unspecified atom stereocenters. The van der Waals surface area contributed by atoms with Crippen molar-refractivity contribution in [2.45, 2.75) is 18.8 Å². The molecule has 2 atom stereocenters. The average Bonchev–Trinajstić information content (AvgIpc) is 3.28. The number of phenols is 1. The van der Waals surface area contributed by atoms with Crippen molar-refractivity contribution in [3.63, 3.8) is 0 Å². The second-order valence-corrected chi connectivity index (χ2v) is 6.28. The Labute approximate surface area is 139 Å². The topological polar surface area (TPSA) is 78.0 Å². The lowest BCUT2D eigenvalue weighted by atomic mass is 10.1. The number of hydrogen-bond donors (Lipinski definition) is 3. The molecule has 5 heteroatoms. The zero-order valence-electron chi connectivity index (χ0n) is 13.2. The summed E-state index contributed by atoms with van der Waals surface area (Å²) in [6.07, 6.45) is 1.57. The molecule has 1 amide bonds. The lowest BCUT2D eigenvalue weighted by Gasteiger charge is -2.04. The molecule has 0 aliphatic heterocycles. The number of carbonyl (C=O) groups is 1. The highest BCUT2D eigenvalue weighted by Crippen LogP contribution is 2.47. The van der Waals surface area contributed by atoms with E-state index in [0.29, 0.717) is 13.0 Å². The lowest BCUT2D eigenvalue weighted by Crippen LogP contribution is -2.27. The van der Waals surface area contributed by atoms with Crippen molar-refractivity contribution in [2.24, 2.45) is 5.92 Å². The minimum absolute atomic E-state index is 0.0465. The molecular weight excluding hydrogens is 302 g/mol. The highest BCUT2D eigenvalue weighted by molar-refractivity contribution is 5.83. The number of rotatable bonds is 5. The summed E-state index contributed by atoms with van der Waals surface area (Å²) in [6.45, 7) is 0.581. The van der Waals surface area contributed by atoms with Gasteiger partial charge in [-0.25, -0.2) is 4.98 Å². The van der Waals surface area contributed by atoms with Crippen molar-refractivity contribution < 1.29 is 9.90 Å². The van der Waals surface area contributed by atoms with Gasteiger partial charge in [-0.3, -0.25) is 4.79 Å². The Morgan fingerprint density at radius 1 is 1.21 bits per heavy atom. The van der Waals surface area contributed by atoms with Crippen molar-refractivity contribution in [1.29, 1.82) is 0 Å². The lowest BCUT2D eigenvalue weighted by molar-refractivity contribution is -0.122. The van der Waals surface area contributed by atoms with E-state index in [1.807, 2.05) is 36.4 Å². The van der Waals surface area contributed by atoms with Gasteiger partial charge in [0.25, 0.3) is 0 Å². The first-order chi connectivity index (χ1) is 11.7. The minimum atomic E-state index is 0.0465. The first-order valence-electron chi connectivity index (χ1n) is 8.21. The number of hydrogen-bond acceptors (Lipinski definition) is 3. The van der Waals surface area contributed by atoms with Crippen LogP contribution in [0.1, 0.15) is 23.7 Å². The van der Waals surface area contributed by atoms with Gasteiger partial charge in [-0.1, -0.05) is 24.3 Å². The zero-order chi connectivity index (χ0) is 16.5. The molecule has 4 rings (SSSR count). The van der Waals surface area contributed by atoms with Crippen molar-refractivity contribution in [3.8, 4) is 5.75 Å². The molecule has 3 aromatic rings. The third-order valence-electron chi connectivity index (χ3n) is 4.55. The maximum Gasteiger partial charge on any atom is 0.223 e. The number of carbonyl (C=O) groups excluding carboxylic acids is 1. The third kappa shape index (κ3) is 2.97. The number of fused-ring (bicyclic) bond motifs is 1. The number of aromatic nitrogens is 2. The van der Waals surface area contributed by atoms with Crippen LogP contribution in [0, 0.1) is 5.92 Å². The van der Waals surface area contributed by atoms with Gasteiger partial charge in [-0.05, 0) is 42.2 Å². The average molecular weight is 321 g/mol. The van der Waals surface area contributed by atoms with Crippen LogP contribution in [-0.4, -0.2) is 27.5 Å². The summed E-state index contributed by atoms with van der Waals surface area (Å²) in [4.78, 5) is 20.0. The van der Waals surface area contributed by atoms with Crippen LogP contribution in [-0.2, 0) is 11.2 Å². The maximum absolute atomic E-state index is 12.2. The number of H-pyrrole nitrogens is 1. The second kappa shape index (κ2) is 6.00. The second-order valence-electron chi connectivity index (χ2n) is 6.28. The highest BCUT2D eigenvalue weighted by Gasteiger charge is 2.43. The SMILES string of the molecule is O=C(NCCc1nc2ccccc2[nH]1)C1CC1c1ccc(O)cc1. The van der Waals surface area contributed by atoms with Crippen LogP contribution < -0.4 is 5.32 Å². The molecular formula is C19H19N3O2. The van der Waals surface area contributed by atoms with E-state index in [1.165, 1.54) is 0 Å². The van der Waals surface area contributed by atoms with Crippen LogP contribution in [0.5, 0.6) is 5.75 Å². The van der Waals surface area contributed by atoms with Crippen LogP contribution in [0.2, 0.25) is 0 Å². The van der Waals surface area contributed by atoms with Crippen LogP contribution in [0.15, 0.2) is 48.5 Å². The summed E-state index contributed by atoms with van der Waals surface area (Å²) >= 11 is 0. The molecule has 1 aliphatic rings. The Morgan fingerprint density at radius 3 is 2.79 bits per heavy atom. The molecule has 0 spiro atoms. The summed E-state index contributed by atoms with van der Waals surface area (Å²) in [7, 11) is 0. The molecule has 0 radical (unpaired) electrons. The number of imidazole rings is 1. The number of nitrogens with one attached hydrogen (secondary N) is 2. The fourth-order valence-electron chi connectivity index (χ4n) is 3.13. The molecule has 5 nitrogen and oxygen atoms in total. The molecule has 0 saturated heterocycles. The molecule has 2 aromatic carbocycles. The van der Waals surface area contributed by atoms with Crippen molar-refractivity contribution >= 4 is 16.9 Å². The summed E-state index contributed by atoms with van der Waals surface area (Å²) in [5.41, 5.74) is 3.09. The largest absolute Gasteiger partial charge is 0.508 e. The standard InChI is InChI=1S/C19H19N3O2/c23-13-7-5-12(6-8-13)14-11-15(14)19(24)20-10-9-18-21-16-3-1-2-4-17(16)22-18/h1-8,14-15,23H,9-11H2,(H,20,24)(H,21,22). The maximum atomic E-state index is 12.2. The normalized spacial score (nSPS) is 19.3. The van der Waals surface area contributed by atoms with E-state index >= 15 is 0 Å². The minimum Gasteiger partial charge on any atom is -0.508 e. The predicted octanol–water partition coefficient (Wildman–Crippen LogP) is 2.73. The number of amides is 1. The van der Waals surface area contributed by atoms with Gasteiger partial charge in [-0.15, -0.1) is 0 Å². The van der Waals surface area contributed by atoms with Crippen molar-refractivity contribution in [3.05, 3.63) is 59.9 Å². The molecule has 1 aromatic heterocycles. The molecule has 3 N–H and O–H groups in total. The first-order valence-corrected chi connectivity index (χ1v) is 8.21. The van der Waals surface area contributed by atoms with Gasteiger partial charge in [0.2, 0.25) is 5.91 Å². The van der Waals surface area contributed by atoms with Crippen LogP contribution in [0.25, 0.3) is 11.0 Å². The Bertz CT molecular complexity index is 837. The van der Waals surface area contributed by atoms with Gasteiger partial charge < -0.3 is 15.4 Å². The summed E-state index contributed by atoms with van der Waals surface area (Å²) in [5.74, 6) is 1.57. The smallest absolute Gasteiger partial charge is 0.223 e. The van der Waals surface area contributed by atoms with Crippen molar-refractivity contribution in [1.82, 2.24) is 15.3 Å². The predicted molar refractivity (Wildman–Crippen MR) is 91.8 cm³/mol. The van der Waals surface area contributed by atoms with Crippen LogP contribution >= 0.6 is 0 Å². The molecule has 1 aliphatic carbocycles. The third-order valence-corrected chi connectivity index (χ3v) is 4.55. The molecule has 1 fully saturated rings. The molecule has 1 heterocycles. The fraction of sp³-hybridized carbons (Fsp3) is 0.263. The summed E-state index contributed by atoms with van der Waals surface area (Å²) in [6, 6.07) is 15.0. The van der Waals surface area contributed by atoms with Gasteiger partial charge in [-0.2, -0.15) is 0 Å². The Morgan fingerprint density at radius 2 is 2.00 bits per heavy atom. The van der Waals surface area contributed by atoms with E-state index in [-0.39, 0.29) is 23.5 Å². The molecule has 122 valence electrons. The summed E-state index contributed by atoms with van der Waals surface area (Å²) < 4.78 is 0. The quantitative estimate of drug-likeness (QED) is 0.676. The number of nitrogens with zero attached hydrogens (tertiary/aromatic N) is 1. The van der Waals surface area contributed by atoms with E-state index in [0.717, 1.165) is 28.8 Å². The van der Waals surface area contributed by atoms with E-state index in [9.17, 15) is 9.90 Å². The van der Waals surface area contributed by atoms with Crippen LogP contribution in [0.3, 0.4) is 0 Å². The molecule has 24 heavy (non-hydrogen) atoms. The van der Waals surface area contributed by atoms with E-state index in [2.05, 4.69) is 15.3 Å². The Kier molecular flexibility index (Phi) is 3.69. The van der Waals surface area contributed by atoms with E-state index in [1.54, 1.807) is 12.1 Å². The fourth-order valence-corrected chi connectivity index (χ4v) is 3.13. The van der Waals surface area contributed by atoms with E-state index in [4.69, 9.17) is 0 Å². The highest BCUT2D eigenvalue weighted by atomic mass is 16.3. The Balaban J connectivity index is 1.29.